The van der Waals surface area contributed by atoms with Gasteiger partial charge in [-0.05, 0) is 50.8 Å². The number of fused-ring (bicyclic) bond motifs is 2. The first-order chi connectivity index (χ1) is 14.1. The van der Waals surface area contributed by atoms with Crippen molar-refractivity contribution in [2.45, 2.75) is 51.1 Å². The zero-order valence-electron chi connectivity index (χ0n) is 16.4. The van der Waals surface area contributed by atoms with E-state index in [0.717, 1.165) is 36.3 Å². The molecule has 0 radical (unpaired) electrons. The Morgan fingerprint density at radius 2 is 2.17 bits per heavy atom. The minimum absolute atomic E-state index is 0.0901. The maximum absolute atomic E-state index is 12.9. The zero-order valence-corrected chi connectivity index (χ0v) is 17.3. The number of quaternary nitrogens is 1. The fraction of sp³-hybridized carbons (Fsp3) is 0.409. The Bertz CT molecular complexity index is 1180. The van der Waals surface area contributed by atoms with Gasteiger partial charge in [-0.1, -0.05) is 0 Å². The van der Waals surface area contributed by atoms with Crippen molar-refractivity contribution in [3.05, 3.63) is 50.6 Å². The summed E-state index contributed by atoms with van der Waals surface area (Å²) in [6, 6.07) is 6.56. The van der Waals surface area contributed by atoms with Crippen LogP contribution in [0.5, 0.6) is 0 Å². The van der Waals surface area contributed by atoms with Crippen molar-refractivity contribution in [1.29, 1.82) is 0 Å². The molecule has 1 atom stereocenters. The third kappa shape index (κ3) is 3.18. The molecule has 7 heteroatoms. The third-order valence-electron chi connectivity index (χ3n) is 5.80. The minimum Gasteiger partial charge on any atom is -0.462 e. The zero-order chi connectivity index (χ0) is 20.1. The molecule has 3 heterocycles. The van der Waals surface area contributed by atoms with E-state index in [2.05, 4.69) is 11.8 Å². The van der Waals surface area contributed by atoms with Gasteiger partial charge in [0.2, 0.25) is 5.43 Å². The van der Waals surface area contributed by atoms with Crippen molar-refractivity contribution < 1.29 is 15.3 Å². The Labute approximate surface area is 172 Å². The average Bonchev–Trinajstić information content (AvgIpc) is 3.46. The van der Waals surface area contributed by atoms with Crippen LogP contribution in [0.1, 0.15) is 65.5 Å². The highest BCUT2D eigenvalue weighted by Gasteiger charge is 2.28. The largest absolute Gasteiger partial charge is 0.462 e. The van der Waals surface area contributed by atoms with Gasteiger partial charge < -0.3 is 15.0 Å². The number of hydrogen-bond acceptors (Lipinski definition) is 5. The number of esters is 1. The summed E-state index contributed by atoms with van der Waals surface area (Å²) in [6.07, 6.45) is 7.12. The molecule has 0 spiro atoms. The molecule has 0 aromatic carbocycles. The Hall–Kier alpha value is -2.51. The minimum atomic E-state index is -0.565. The molecular formula is C22H24N3O3S+. The van der Waals surface area contributed by atoms with Crippen LogP contribution in [-0.4, -0.2) is 22.1 Å². The molecule has 5 rings (SSSR count). The van der Waals surface area contributed by atoms with Crippen molar-refractivity contribution in [2.24, 2.45) is 0 Å². The van der Waals surface area contributed by atoms with Crippen LogP contribution in [0.2, 0.25) is 0 Å². The molecule has 3 N–H and O–H groups in total. The predicted octanol–water partition coefficient (Wildman–Crippen LogP) is 3.26. The number of carbonyl (C=O) groups is 1. The number of pyridine rings is 2. The van der Waals surface area contributed by atoms with Crippen molar-refractivity contribution in [2.75, 3.05) is 6.61 Å². The second kappa shape index (κ2) is 7.07. The molecule has 1 saturated carbocycles. The lowest BCUT2D eigenvalue weighted by atomic mass is 9.94. The fourth-order valence-corrected chi connectivity index (χ4v) is 5.38. The maximum atomic E-state index is 12.9. The van der Waals surface area contributed by atoms with E-state index in [-0.39, 0.29) is 23.6 Å². The number of thiophene rings is 1. The van der Waals surface area contributed by atoms with Gasteiger partial charge in [0.25, 0.3) is 0 Å². The first kappa shape index (κ1) is 18.5. The van der Waals surface area contributed by atoms with Gasteiger partial charge in [0.1, 0.15) is 17.3 Å². The molecule has 3 aromatic heterocycles. The van der Waals surface area contributed by atoms with Gasteiger partial charge >= 0.3 is 5.97 Å². The fourth-order valence-electron chi connectivity index (χ4n) is 4.12. The molecule has 29 heavy (non-hydrogen) atoms. The van der Waals surface area contributed by atoms with Crippen LogP contribution in [0.25, 0.3) is 21.6 Å². The van der Waals surface area contributed by atoms with E-state index < -0.39 is 5.97 Å². The molecule has 1 unspecified atom stereocenters. The van der Waals surface area contributed by atoms with Crippen molar-refractivity contribution >= 4 is 28.3 Å². The number of nitrogens with zero attached hydrogens (tertiary/aromatic N) is 2. The quantitative estimate of drug-likeness (QED) is 0.669. The summed E-state index contributed by atoms with van der Waals surface area (Å²) in [7, 11) is 0. The summed E-state index contributed by atoms with van der Waals surface area (Å²) >= 11 is 1.79. The molecule has 0 amide bonds. The number of aromatic nitrogens is 2. The Morgan fingerprint density at radius 3 is 2.90 bits per heavy atom. The van der Waals surface area contributed by atoms with Crippen molar-refractivity contribution in [1.82, 2.24) is 9.55 Å². The summed E-state index contributed by atoms with van der Waals surface area (Å²) in [5.41, 5.74) is 6.95. The SMILES string of the molecule is CCOC(=O)c1cn(C2CC2)c2nc(-c3cc4c(s3)CCCC4[NH3+])ccc2c1=O. The Morgan fingerprint density at radius 1 is 1.34 bits per heavy atom. The highest BCUT2D eigenvalue weighted by molar-refractivity contribution is 7.15. The van der Waals surface area contributed by atoms with Crippen LogP contribution in [0.15, 0.2) is 29.2 Å². The van der Waals surface area contributed by atoms with Crippen LogP contribution in [0.3, 0.4) is 0 Å². The van der Waals surface area contributed by atoms with E-state index >= 15 is 0 Å². The number of hydrogen-bond donors (Lipinski definition) is 1. The molecule has 0 aliphatic heterocycles. The highest BCUT2D eigenvalue weighted by Crippen LogP contribution is 2.39. The van der Waals surface area contributed by atoms with Crippen LogP contribution in [0, 0.1) is 0 Å². The normalized spacial score (nSPS) is 18.6. The topological polar surface area (TPSA) is 88.8 Å². The molecule has 0 bridgehead atoms. The van der Waals surface area contributed by atoms with Crippen molar-refractivity contribution in [3.8, 4) is 10.6 Å². The lowest BCUT2D eigenvalue weighted by Crippen LogP contribution is -2.54. The Balaban J connectivity index is 1.65. The summed E-state index contributed by atoms with van der Waals surface area (Å²) in [5, 5.41) is 0.475. The van der Waals surface area contributed by atoms with E-state index in [0.29, 0.717) is 17.1 Å². The number of ether oxygens (including phenoxy) is 1. The van der Waals surface area contributed by atoms with Crippen LogP contribution < -0.4 is 11.2 Å². The van der Waals surface area contributed by atoms with E-state index in [1.165, 1.54) is 16.9 Å². The van der Waals surface area contributed by atoms with Crippen LogP contribution in [-0.2, 0) is 11.2 Å². The molecule has 150 valence electrons. The van der Waals surface area contributed by atoms with E-state index in [9.17, 15) is 9.59 Å². The van der Waals surface area contributed by atoms with Crippen molar-refractivity contribution in [3.63, 3.8) is 0 Å². The van der Waals surface area contributed by atoms with Gasteiger partial charge in [-0.25, -0.2) is 9.78 Å². The summed E-state index contributed by atoms with van der Waals surface area (Å²) < 4.78 is 7.08. The second-order valence-corrected chi connectivity index (χ2v) is 9.01. The maximum Gasteiger partial charge on any atom is 0.343 e. The standard InChI is InChI=1S/C22H23N3O3S/c1-2-28-22(27)15-11-25(12-6-7-12)21-13(20(15)26)8-9-17(24-21)19-10-14-16(23)4-3-5-18(14)29-19/h8-12,16H,2-7,23H2,1H3/p+1. The van der Waals surface area contributed by atoms with Gasteiger partial charge in [0.15, 0.2) is 0 Å². The number of carbonyl (C=O) groups excluding carboxylic acids is 1. The van der Waals surface area contributed by atoms with Gasteiger partial charge in [-0.15, -0.1) is 11.3 Å². The van der Waals surface area contributed by atoms with E-state index in [1.54, 1.807) is 24.5 Å². The molecule has 2 aliphatic rings. The Kier molecular flexibility index (Phi) is 4.52. The van der Waals surface area contributed by atoms with Crippen LogP contribution >= 0.6 is 11.3 Å². The first-order valence-electron chi connectivity index (χ1n) is 10.3. The molecule has 6 nitrogen and oxygen atoms in total. The summed E-state index contributed by atoms with van der Waals surface area (Å²) in [5.74, 6) is -0.565. The molecule has 1 fully saturated rings. The number of rotatable bonds is 4. The van der Waals surface area contributed by atoms with Gasteiger partial charge in [-0.3, -0.25) is 4.79 Å². The van der Waals surface area contributed by atoms with Gasteiger partial charge in [-0.2, -0.15) is 0 Å². The summed E-state index contributed by atoms with van der Waals surface area (Å²) in [6.45, 7) is 1.98. The van der Waals surface area contributed by atoms with Gasteiger partial charge in [0.05, 0.1) is 22.6 Å². The molecular weight excluding hydrogens is 386 g/mol. The lowest BCUT2D eigenvalue weighted by Gasteiger charge is -2.14. The smallest absolute Gasteiger partial charge is 0.343 e. The molecule has 0 saturated heterocycles. The first-order valence-corrected chi connectivity index (χ1v) is 11.1. The number of aryl methyl sites for hydroxylation is 1. The third-order valence-corrected chi connectivity index (χ3v) is 7.04. The van der Waals surface area contributed by atoms with Crippen LogP contribution in [0.4, 0.5) is 0 Å². The summed E-state index contributed by atoms with van der Waals surface area (Å²) in [4.78, 5) is 32.6. The lowest BCUT2D eigenvalue weighted by molar-refractivity contribution is -0.429. The predicted molar refractivity (Wildman–Crippen MR) is 112 cm³/mol. The second-order valence-electron chi connectivity index (χ2n) is 7.88. The monoisotopic (exact) mass is 410 g/mol. The molecule has 2 aliphatic carbocycles. The van der Waals surface area contributed by atoms with Gasteiger partial charge in [0, 0.05) is 29.1 Å². The highest BCUT2D eigenvalue weighted by atomic mass is 32.1. The molecule has 3 aromatic rings. The van der Waals surface area contributed by atoms with E-state index in [4.69, 9.17) is 9.72 Å². The van der Waals surface area contributed by atoms with E-state index in [1.807, 2.05) is 16.7 Å². The average molecular weight is 411 g/mol.